The number of nitrogens with one attached hydrogen (secondary N) is 1. The van der Waals surface area contributed by atoms with Crippen LogP contribution in [-0.2, 0) is 4.74 Å². The fourth-order valence-electron chi connectivity index (χ4n) is 1.10. The molecule has 0 saturated heterocycles. The van der Waals surface area contributed by atoms with Crippen LogP contribution in [-0.4, -0.2) is 51.3 Å². The monoisotopic (exact) mass is 188 g/mol. The lowest BCUT2D eigenvalue weighted by atomic mass is 10.2. The van der Waals surface area contributed by atoms with Crippen LogP contribution in [0.2, 0.25) is 0 Å². The molecule has 0 spiro atoms. The maximum atomic E-state index is 5.22. The highest BCUT2D eigenvalue weighted by Gasteiger charge is 2.08. The van der Waals surface area contributed by atoms with E-state index in [9.17, 15) is 0 Å². The van der Waals surface area contributed by atoms with Gasteiger partial charge in [0.1, 0.15) is 0 Å². The van der Waals surface area contributed by atoms with Gasteiger partial charge in [0.15, 0.2) is 0 Å². The molecule has 0 aromatic heterocycles. The van der Waals surface area contributed by atoms with Crippen LogP contribution >= 0.6 is 0 Å². The summed E-state index contributed by atoms with van der Waals surface area (Å²) in [6.07, 6.45) is 1.48. The van der Waals surface area contributed by atoms with Gasteiger partial charge in [-0.25, -0.2) is 0 Å². The van der Waals surface area contributed by atoms with E-state index >= 15 is 0 Å². The first-order valence-corrected chi connectivity index (χ1v) is 4.98. The summed E-state index contributed by atoms with van der Waals surface area (Å²) in [5, 5.41) is 3.44. The van der Waals surface area contributed by atoms with Crippen LogP contribution in [0.4, 0.5) is 0 Å². The van der Waals surface area contributed by atoms with Crippen molar-refractivity contribution in [3.8, 4) is 0 Å². The molecule has 80 valence electrons. The van der Waals surface area contributed by atoms with E-state index in [0.717, 1.165) is 13.1 Å². The van der Waals surface area contributed by atoms with E-state index < -0.39 is 0 Å². The standard InChI is InChI=1S/C10H24N2O/c1-9(10(2)13-5)11-7-6-8-12(3)4/h9-11H,6-8H2,1-5H3. The molecule has 0 radical (unpaired) electrons. The van der Waals surface area contributed by atoms with Crippen molar-refractivity contribution < 1.29 is 4.74 Å². The van der Waals surface area contributed by atoms with Crippen molar-refractivity contribution in [1.29, 1.82) is 0 Å². The third-order valence-electron chi connectivity index (χ3n) is 2.32. The summed E-state index contributed by atoms with van der Waals surface area (Å²) in [4.78, 5) is 2.20. The summed E-state index contributed by atoms with van der Waals surface area (Å²) < 4.78 is 5.22. The van der Waals surface area contributed by atoms with Crippen molar-refractivity contribution in [2.45, 2.75) is 32.4 Å². The molecule has 2 unspecified atom stereocenters. The van der Waals surface area contributed by atoms with E-state index in [-0.39, 0.29) is 0 Å². The van der Waals surface area contributed by atoms with Crippen LogP contribution in [0.5, 0.6) is 0 Å². The van der Waals surface area contributed by atoms with Crippen molar-refractivity contribution in [1.82, 2.24) is 10.2 Å². The molecule has 0 saturated carbocycles. The summed E-state index contributed by atoms with van der Waals surface area (Å²) in [7, 11) is 5.95. The fourth-order valence-corrected chi connectivity index (χ4v) is 1.10. The lowest BCUT2D eigenvalue weighted by Crippen LogP contribution is -2.37. The quantitative estimate of drug-likeness (QED) is 0.602. The summed E-state index contributed by atoms with van der Waals surface area (Å²) in [6.45, 7) is 6.45. The molecule has 3 nitrogen and oxygen atoms in total. The largest absolute Gasteiger partial charge is 0.380 e. The van der Waals surface area contributed by atoms with Gasteiger partial charge in [-0.1, -0.05) is 0 Å². The van der Waals surface area contributed by atoms with Crippen molar-refractivity contribution in [3.63, 3.8) is 0 Å². The number of hydrogen-bond acceptors (Lipinski definition) is 3. The van der Waals surface area contributed by atoms with E-state index in [4.69, 9.17) is 4.74 Å². The minimum absolute atomic E-state index is 0.291. The van der Waals surface area contributed by atoms with Crippen molar-refractivity contribution in [2.24, 2.45) is 0 Å². The van der Waals surface area contributed by atoms with Gasteiger partial charge in [0.25, 0.3) is 0 Å². The second kappa shape index (κ2) is 7.30. The summed E-state index contributed by atoms with van der Waals surface area (Å²) in [6, 6.07) is 0.437. The molecule has 0 rings (SSSR count). The molecule has 2 atom stereocenters. The summed E-state index contributed by atoms with van der Waals surface area (Å²) >= 11 is 0. The minimum atomic E-state index is 0.291. The molecular formula is C10H24N2O. The fraction of sp³-hybridized carbons (Fsp3) is 1.00. The van der Waals surface area contributed by atoms with Crippen molar-refractivity contribution in [2.75, 3.05) is 34.3 Å². The van der Waals surface area contributed by atoms with E-state index in [1.807, 2.05) is 0 Å². The topological polar surface area (TPSA) is 24.5 Å². The van der Waals surface area contributed by atoms with Gasteiger partial charge >= 0.3 is 0 Å². The Hall–Kier alpha value is -0.120. The van der Waals surface area contributed by atoms with E-state index in [1.165, 1.54) is 6.42 Å². The molecule has 0 amide bonds. The number of methoxy groups -OCH3 is 1. The normalized spacial score (nSPS) is 16.2. The molecule has 0 aliphatic rings. The van der Waals surface area contributed by atoms with Crippen LogP contribution in [0.1, 0.15) is 20.3 Å². The Balaban J connectivity index is 3.31. The van der Waals surface area contributed by atoms with Gasteiger partial charge in [0.05, 0.1) is 6.10 Å². The Morgan fingerprint density at radius 3 is 2.38 bits per heavy atom. The van der Waals surface area contributed by atoms with E-state index in [1.54, 1.807) is 7.11 Å². The Labute approximate surface area is 82.4 Å². The molecule has 0 aliphatic heterocycles. The van der Waals surface area contributed by atoms with E-state index in [0.29, 0.717) is 12.1 Å². The van der Waals surface area contributed by atoms with Gasteiger partial charge in [-0.3, -0.25) is 0 Å². The van der Waals surface area contributed by atoms with Gasteiger partial charge in [-0.15, -0.1) is 0 Å². The second-order valence-electron chi connectivity index (χ2n) is 3.84. The highest BCUT2D eigenvalue weighted by Crippen LogP contribution is 1.95. The maximum absolute atomic E-state index is 5.22. The predicted octanol–water partition coefficient (Wildman–Crippen LogP) is 0.951. The Morgan fingerprint density at radius 2 is 1.92 bits per heavy atom. The van der Waals surface area contributed by atoms with Crippen molar-refractivity contribution in [3.05, 3.63) is 0 Å². The van der Waals surface area contributed by atoms with Crippen molar-refractivity contribution >= 4 is 0 Å². The molecule has 0 aliphatic carbocycles. The van der Waals surface area contributed by atoms with Gasteiger partial charge in [-0.05, 0) is 47.5 Å². The number of rotatable bonds is 7. The molecule has 0 bridgehead atoms. The van der Waals surface area contributed by atoms with Gasteiger partial charge in [0.2, 0.25) is 0 Å². The average molecular weight is 188 g/mol. The third kappa shape index (κ3) is 6.99. The predicted molar refractivity (Wildman–Crippen MR) is 57.1 cm³/mol. The zero-order valence-corrected chi connectivity index (χ0v) is 9.63. The summed E-state index contributed by atoms with van der Waals surface area (Å²) in [5.74, 6) is 0. The van der Waals surface area contributed by atoms with Crippen LogP contribution in [0.25, 0.3) is 0 Å². The molecule has 0 aromatic rings. The first kappa shape index (κ1) is 12.9. The molecule has 1 N–H and O–H groups in total. The van der Waals surface area contributed by atoms with Crippen LogP contribution in [0.15, 0.2) is 0 Å². The minimum Gasteiger partial charge on any atom is -0.380 e. The number of nitrogens with zero attached hydrogens (tertiary/aromatic N) is 1. The first-order chi connectivity index (χ1) is 6.07. The highest BCUT2D eigenvalue weighted by atomic mass is 16.5. The number of hydrogen-bond donors (Lipinski definition) is 1. The van der Waals surface area contributed by atoms with Crippen LogP contribution in [0.3, 0.4) is 0 Å². The Bertz CT molecular complexity index is 117. The second-order valence-corrected chi connectivity index (χ2v) is 3.84. The number of ether oxygens (including phenoxy) is 1. The zero-order chi connectivity index (χ0) is 10.3. The smallest absolute Gasteiger partial charge is 0.0693 e. The third-order valence-corrected chi connectivity index (χ3v) is 2.32. The van der Waals surface area contributed by atoms with Gasteiger partial charge in [-0.2, -0.15) is 0 Å². The summed E-state index contributed by atoms with van der Waals surface area (Å²) in [5.41, 5.74) is 0. The molecule has 0 aromatic carbocycles. The average Bonchev–Trinajstić information content (AvgIpc) is 2.10. The highest BCUT2D eigenvalue weighted by molar-refractivity contribution is 4.67. The van der Waals surface area contributed by atoms with Gasteiger partial charge in [0, 0.05) is 13.2 Å². The van der Waals surface area contributed by atoms with Crippen LogP contribution < -0.4 is 5.32 Å². The lowest BCUT2D eigenvalue weighted by molar-refractivity contribution is 0.0886. The molecule has 0 fully saturated rings. The SMILES string of the molecule is COC(C)C(C)NCCCN(C)C. The Morgan fingerprint density at radius 1 is 1.31 bits per heavy atom. The maximum Gasteiger partial charge on any atom is 0.0693 e. The zero-order valence-electron chi connectivity index (χ0n) is 9.63. The molecule has 3 heteroatoms. The Kier molecular flexibility index (Phi) is 7.23. The first-order valence-electron chi connectivity index (χ1n) is 4.98. The van der Waals surface area contributed by atoms with Gasteiger partial charge < -0.3 is 15.0 Å². The molecule has 0 heterocycles. The van der Waals surface area contributed by atoms with E-state index in [2.05, 4.69) is 38.2 Å². The lowest BCUT2D eigenvalue weighted by Gasteiger charge is -2.20. The molecule has 13 heavy (non-hydrogen) atoms. The molecular weight excluding hydrogens is 164 g/mol. The van der Waals surface area contributed by atoms with Crippen LogP contribution in [0, 0.1) is 0 Å².